The molecule has 0 radical (unpaired) electrons. The lowest BCUT2D eigenvalue weighted by Crippen LogP contribution is -2.11. The SMILES string of the molecule is Cc1cc(SCc2ccc(Cl)cc2)cc2c1C(CNc1nc(C)c(C)s1)CC2. The number of hydrogen-bond donors (Lipinski definition) is 1. The molecule has 0 saturated carbocycles. The monoisotopic (exact) mass is 428 g/mol. The summed E-state index contributed by atoms with van der Waals surface area (Å²) >= 11 is 9.65. The van der Waals surface area contributed by atoms with E-state index in [2.05, 4.69) is 55.3 Å². The largest absolute Gasteiger partial charge is 0.361 e. The normalized spacial score (nSPS) is 15.6. The zero-order valence-electron chi connectivity index (χ0n) is 16.5. The van der Waals surface area contributed by atoms with Crippen LogP contribution in [0.4, 0.5) is 5.13 Å². The zero-order chi connectivity index (χ0) is 19.7. The number of nitrogens with zero attached hydrogens (tertiary/aromatic N) is 1. The highest BCUT2D eigenvalue weighted by atomic mass is 35.5. The summed E-state index contributed by atoms with van der Waals surface area (Å²) in [6.45, 7) is 7.45. The van der Waals surface area contributed by atoms with Crippen molar-refractivity contribution in [3.05, 3.63) is 74.2 Å². The molecule has 1 aliphatic carbocycles. The molecule has 0 amide bonds. The van der Waals surface area contributed by atoms with Crippen LogP contribution < -0.4 is 5.32 Å². The number of aromatic nitrogens is 1. The third kappa shape index (κ3) is 4.40. The summed E-state index contributed by atoms with van der Waals surface area (Å²) in [6.07, 6.45) is 2.39. The van der Waals surface area contributed by atoms with Gasteiger partial charge in [-0.05, 0) is 80.1 Å². The second kappa shape index (κ2) is 8.48. The van der Waals surface area contributed by atoms with Crippen LogP contribution in [0.15, 0.2) is 41.3 Å². The van der Waals surface area contributed by atoms with Crippen molar-refractivity contribution < 1.29 is 0 Å². The molecule has 1 aromatic heterocycles. The van der Waals surface area contributed by atoms with Crippen molar-refractivity contribution in [2.24, 2.45) is 0 Å². The molecule has 0 saturated heterocycles. The highest BCUT2D eigenvalue weighted by molar-refractivity contribution is 7.98. The molecule has 0 fully saturated rings. The Balaban J connectivity index is 1.42. The van der Waals surface area contributed by atoms with Crippen LogP contribution in [0.1, 0.15) is 45.2 Å². The fourth-order valence-electron chi connectivity index (χ4n) is 3.89. The van der Waals surface area contributed by atoms with Gasteiger partial charge in [0.05, 0.1) is 5.69 Å². The number of fused-ring (bicyclic) bond motifs is 1. The molecule has 0 bridgehead atoms. The van der Waals surface area contributed by atoms with Crippen molar-refractivity contribution >= 4 is 39.8 Å². The summed E-state index contributed by atoms with van der Waals surface area (Å²) < 4.78 is 0. The van der Waals surface area contributed by atoms with E-state index in [-0.39, 0.29) is 0 Å². The Morgan fingerprint density at radius 1 is 1.18 bits per heavy atom. The van der Waals surface area contributed by atoms with Crippen LogP contribution in [-0.4, -0.2) is 11.5 Å². The first-order chi connectivity index (χ1) is 13.5. The zero-order valence-corrected chi connectivity index (χ0v) is 18.9. The van der Waals surface area contributed by atoms with E-state index >= 15 is 0 Å². The molecule has 5 heteroatoms. The van der Waals surface area contributed by atoms with E-state index in [1.165, 1.54) is 39.3 Å². The molecule has 146 valence electrons. The van der Waals surface area contributed by atoms with Crippen molar-refractivity contribution in [2.75, 3.05) is 11.9 Å². The summed E-state index contributed by atoms with van der Waals surface area (Å²) in [5, 5.41) is 5.42. The van der Waals surface area contributed by atoms with Gasteiger partial charge in [0.15, 0.2) is 5.13 Å². The van der Waals surface area contributed by atoms with Gasteiger partial charge < -0.3 is 5.32 Å². The fourth-order valence-corrected chi connectivity index (χ4v) is 5.85. The lowest BCUT2D eigenvalue weighted by molar-refractivity contribution is 0.705. The highest BCUT2D eigenvalue weighted by Crippen LogP contribution is 2.39. The van der Waals surface area contributed by atoms with Crippen LogP contribution in [0.3, 0.4) is 0 Å². The summed E-state index contributed by atoms with van der Waals surface area (Å²) in [5.41, 5.74) is 6.94. The second-order valence-corrected chi connectivity index (χ2v) is 10.2. The van der Waals surface area contributed by atoms with Gasteiger partial charge in [0.25, 0.3) is 0 Å². The summed E-state index contributed by atoms with van der Waals surface area (Å²) in [5.74, 6) is 1.55. The Hall–Kier alpha value is -1.49. The maximum atomic E-state index is 5.99. The molecule has 0 spiro atoms. The average Bonchev–Trinajstić information content (AvgIpc) is 3.23. The lowest BCUT2D eigenvalue weighted by Gasteiger charge is -2.16. The van der Waals surface area contributed by atoms with Gasteiger partial charge in [0.1, 0.15) is 0 Å². The number of hydrogen-bond acceptors (Lipinski definition) is 4. The molecule has 1 heterocycles. The summed E-state index contributed by atoms with van der Waals surface area (Å²) in [6, 6.07) is 12.9. The molecule has 1 aliphatic rings. The number of thioether (sulfide) groups is 1. The first-order valence-corrected chi connectivity index (χ1v) is 11.9. The Morgan fingerprint density at radius 3 is 2.68 bits per heavy atom. The van der Waals surface area contributed by atoms with Gasteiger partial charge in [-0.25, -0.2) is 4.98 Å². The minimum Gasteiger partial charge on any atom is -0.361 e. The van der Waals surface area contributed by atoms with Gasteiger partial charge in [-0.15, -0.1) is 23.1 Å². The number of nitrogens with one attached hydrogen (secondary N) is 1. The van der Waals surface area contributed by atoms with Crippen molar-refractivity contribution in [3.8, 4) is 0 Å². The third-order valence-electron chi connectivity index (χ3n) is 5.46. The predicted molar refractivity (Wildman–Crippen MR) is 123 cm³/mol. The number of benzene rings is 2. The minimum atomic E-state index is 0.579. The molecular weight excluding hydrogens is 404 g/mol. The van der Waals surface area contributed by atoms with E-state index in [1.807, 2.05) is 23.9 Å². The number of thiazole rings is 1. The van der Waals surface area contributed by atoms with Crippen LogP contribution in [0.5, 0.6) is 0 Å². The smallest absolute Gasteiger partial charge is 0.183 e. The van der Waals surface area contributed by atoms with E-state index in [9.17, 15) is 0 Å². The maximum Gasteiger partial charge on any atom is 0.183 e. The van der Waals surface area contributed by atoms with Crippen molar-refractivity contribution in [3.63, 3.8) is 0 Å². The number of aryl methyl sites for hydroxylation is 4. The van der Waals surface area contributed by atoms with E-state index in [1.54, 1.807) is 16.9 Å². The molecule has 4 rings (SSSR count). The van der Waals surface area contributed by atoms with Gasteiger partial charge >= 0.3 is 0 Å². The quantitative estimate of drug-likeness (QED) is 0.421. The van der Waals surface area contributed by atoms with Crippen molar-refractivity contribution in [2.45, 2.75) is 50.2 Å². The number of anilines is 1. The Morgan fingerprint density at radius 2 is 1.96 bits per heavy atom. The average molecular weight is 429 g/mol. The van der Waals surface area contributed by atoms with Crippen molar-refractivity contribution in [1.82, 2.24) is 4.98 Å². The molecule has 1 N–H and O–H groups in total. The van der Waals surface area contributed by atoms with Crippen LogP contribution in [0.25, 0.3) is 0 Å². The first kappa shape index (κ1) is 19.8. The number of halogens is 1. The second-order valence-electron chi connectivity index (χ2n) is 7.51. The Kier molecular flexibility index (Phi) is 6.00. The number of rotatable bonds is 6. The fraction of sp³-hybridized carbons (Fsp3) is 0.348. The van der Waals surface area contributed by atoms with Gasteiger partial charge in [-0.2, -0.15) is 0 Å². The lowest BCUT2D eigenvalue weighted by atomic mass is 9.96. The van der Waals surface area contributed by atoms with Crippen LogP contribution >= 0.6 is 34.7 Å². The summed E-state index contributed by atoms with van der Waals surface area (Å²) in [7, 11) is 0. The molecule has 1 unspecified atom stereocenters. The molecule has 2 nitrogen and oxygen atoms in total. The molecule has 1 atom stereocenters. The molecule has 0 aliphatic heterocycles. The summed E-state index contributed by atoms with van der Waals surface area (Å²) in [4.78, 5) is 7.28. The van der Waals surface area contributed by atoms with E-state index in [0.29, 0.717) is 5.92 Å². The van der Waals surface area contributed by atoms with Gasteiger partial charge in [-0.3, -0.25) is 0 Å². The van der Waals surface area contributed by atoms with Gasteiger partial charge in [-0.1, -0.05) is 23.7 Å². The van der Waals surface area contributed by atoms with E-state index < -0.39 is 0 Å². The third-order valence-corrected chi connectivity index (χ3v) is 7.79. The Bertz CT molecular complexity index is 960. The topological polar surface area (TPSA) is 24.9 Å². The van der Waals surface area contributed by atoms with Crippen LogP contribution in [0.2, 0.25) is 5.02 Å². The maximum absolute atomic E-state index is 5.99. The predicted octanol–water partition coefficient (Wildman–Crippen LogP) is 7.16. The molecule has 2 aromatic carbocycles. The first-order valence-electron chi connectivity index (χ1n) is 9.68. The standard InChI is InChI=1S/C23H25ClN2S2/c1-14-10-21(27-13-17-4-8-20(24)9-5-17)11-18-6-7-19(22(14)18)12-25-23-26-15(2)16(3)28-23/h4-5,8-11,19H,6-7,12-13H2,1-3H3,(H,25,26). The van der Waals surface area contributed by atoms with Crippen molar-refractivity contribution in [1.29, 1.82) is 0 Å². The Labute approximate surface area is 180 Å². The van der Waals surface area contributed by atoms with Crippen LogP contribution in [0, 0.1) is 20.8 Å². The molecule has 3 aromatic rings. The van der Waals surface area contributed by atoms with E-state index in [4.69, 9.17) is 11.6 Å². The van der Waals surface area contributed by atoms with Gasteiger partial charge in [0.2, 0.25) is 0 Å². The van der Waals surface area contributed by atoms with E-state index in [0.717, 1.165) is 28.1 Å². The van der Waals surface area contributed by atoms with Gasteiger partial charge in [0, 0.05) is 33.0 Å². The highest BCUT2D eigenvalue weighted by Gasteiger charge is 2.25. The molecular formula is C23H25ClN2S2. The minimum absolute atomic E-state index is 0.579. The molecule has 28 heavy (non-hydrogen) atoms. The van der Waals surface area contributed by atoms with Crippen LogP contribution in [-0.2, 0) is 12.2 Å².